The molecule has 12 heavy (non-hydrogen) atoms. The first-order valence-corrected chi connectivity index (χ1v) is 4.09. The molecule has 0 aromatic carbocycles. The summed E-state index contributed by atoms with van der Waals surface area (Å²) in [6.45, 7) is 0. The second kappa shape index (κ2) is 2.93. The molecule has 1 atom stereocenters. The Morgan fingerprint density at radius 2 is 2.33 bits per heavy atom. The van der Waals surface area contributed by atoms with E-state index in [0.29, 0.717) is 0 Å². The minimum atomic E-state index is 0.200. The summed E-state index contributed by atoms with van der Waals surface area (Å²) >= 11 is 0. The van der Waals surface area contributed by atoms with Crippen molar-refractivity contribution in [2.75, 3.05) is 0 Å². The predicted octanol–water partition coefficient (Wildman–Crippen LogP) is 1.27. The highest BCUT2D eigenvalue weighted by Crippen LogP contribution is 2.25. The zero-order valence-corrected chi connectivity index (χ0v) is 6.77. The first-order chi connectivity index (χ1) is 5.86. The number of rotatable bonds is 1. The van der Waals surface area contributed by atoms with Gasteiger partial charge in [0.15, 0.2) is 0 Å². The normalized spacial score (nSPS) is 22.3. The molecule has 1 unspecified atom stereocenters. The maximum absolute atomic E-state index is 5.58. The third-order valence-electron chi connectivity index (χ3n) is 2.02. The number of aliphatic imine (C=N–C) groups is 1. The van der Waals surface area contributed by atoms with Crippen LogP contribution in [0.1, 0.15) is 24.6 Å². The van der Waals surface area contributed by atoms with Crippen LogP contribution in [0.15, 0.2) is 29.4 Å². The summed E-state index contributed by atoms with van der Waals surface area (Å²) in [5, 5.41) is 0. The van der Waals surface area contributed by atoms with E-state index in [1.165, 1.54) is 0 Å². The molecular weight excluding hydrogens is 150 g/mol. The van der Waals surface area contributed by atoms with E-state index in [1.807, 2.05) is 18.2 Å². The van der Waals surface area contributed by atoms with Gasteiger partial charge in [0, 0.05) is 12.6 Å². The minimum Gasteiger partial charge on any atom is -0.387 e. The van der Waals surface area contributed by atoms with Crippen molar-refractivity contribution < 1.29 is 0 Å². The number of amidine groups is 1. The third-order valence-corrected chi connectivity index (χ3v) is 2.02. The Labute approximate surface area is 71.3 Å². The molecule has 0 spiro atoms. The lowest BCUT2D eigenvalue weighted by molar-refractivity contribution is 0.699. The van der Waals surface area contributed by atoms with Crippen LogP contribution in [0.2, 0.25) is 0 Å². The molecule has 1 aliphatic rings. The van der Waals surface area contributed by atoms with Crippen LogP contribution in [0.3, 0.4) is 0 Å². The molecule has 1 aromatic heterocycles. The number of nitrogens with two attached hydrogens (primary N) is 1. The van der Waals surface area contributed by atoms with Gasteiger partial charge in [-0.25, -0.2) is 0 Å². The van der Waals surface area contributed by atoms with Crippen LogP contribution < -0.4 is 5.73 Å². The first-order valence-electron chi connectivity index (χ1n) is 4.09. The van der Waals surface area contributed by atoms with E-state index < -0.39 is 0 Å². The van der Waals surface area contributed by atoms with Crippen LogP contribution >= 0.6 is 0 Å². The summed E-state index contributed by atoms with van der Waals surface area (Å²) in [7, 11) is 0. The molecule has 3 heteroatoms. The van der Waals surface area contributed by atoms with Crippen molar-refractivity contribution in [3.05, 3.63) is 30.1 Å². The Balaban J connectivity index is 2.22. The molecule has 0 fully saturated rings. The average Bonchev–Trinajstić information content (AvgIpc) is 2.54. The maximum atomic E-state index is 5.58. The molecule has 0 bridgehead atoms. The number of aromatic nitrogens is 1. The molecule has 0 radical (unpaired) electrons. The molecule has 2 rings (SSSR count). The van der Waals surface area contributed by atoms with Crippen molar-refractivity contribution in [2.45, 2.75) is 18.9 Å². The summed E-state index contributed by atoms with van der Waals surface area (Å²) in [5.41, 5.74) is 6.61. The zero-order chi connectivity index (χ0) is 8.39. The van der Waals surface area contributed by atoms with Crippen LogP contribution in [0, 0.1) is 0 Å². The van der Waals surface area contributed by atoms with Gasteiger partial charge in [-0.05, 0) is 18.6 Å². The first kappa shape index (κ1) is 7.28. The lowest BCUT2D eigenvalue weighted by atomic mass is 10.1. The highest BCUT2D eigenvalue weighted by molar-refractivity contribution is 5.82. The second-order valence-corrected chi connectivity index (χ2v) is 2.93. The SMILES string of the molecule is NC1=NC(c2ccccn2)CC1. The van der Waals surface area contributed by atoms with Gasteiger partial charge in [0.2, 0.25) is 0 Å². The summed E-state index contributed by atoms with van der Waals surface area (Å²) in [6, 6.07) is 6.08. The predicted molar refractivity (Wildman–Crippen MR) is 47.8 cm³/mol. The zero-order valence-electron chi connectivity index (χ0n) is 6.77. The molecule has 2 N–H and O–H groups in total. The minimum absolute atomic E-state index is 0.200. The Morgan fingerprint density at radius 3 is 2.92 bits per heavy atom. The molecule has 0 aliphatic carbocycles. The fourth-order valence-electron chi connectivity index (χ4n) is 1.40. The molecule has 0 saturated heterocycles. The second-order valence-electron chi connectivity index (χ2n) is 2.93. The molecule has 0 saturated carbocycles. The van der Waals surface area contributed by atoms with E-state index in [2.05, 4.69) is 9.98 Å². The van der Waals surface area contributed by atoms with Gasteiger partial charge in [-0.2, -0.15) is 0 Å². The topological polar surface area (TPSA) is 51.3 Å². The highest BCUT2D eigenvalue weighted by Gasteiger charge is 2.17. The van der Waals surface area contributed by atoms with Gasteiger partial charge in [0.1, 0.15) is 0 Å². The van der Waals surface area contributed by atoms with E-state index in [9.17, 15) is 0 Å². The van der Waals surface area contributed by atoms with Gasteiger partial charge in [0.25, 0.3) is 0 Å². The largest absolute Gasteiger partial charge is 0.387 e. The summed E-state index contributed by atoms with van der Waals surface area (Å²) in [6.07, 6.45) is 3.70. The number of hydrogen-bond acceptors (Lipinski definition) is 3. The van der Waals surface area contributed by atoms with Gasteiger partial charge < -0.3 is 5.73 Å². The van der Waals surface area contributed by atoms with E-state index >= 15 is 0 Å². The monoisotopic (exact) mass is 161 g/mol. The van der Waals surface area contributed by atoms with Gasteiger partial charge in [0.05, 0.1) is 17.6 Å². The lowest BCUT2D eigenvalue weighted by Gasteiger charge is -2.03. The van der Waals surface area contributed by atoms with Crippen LogP contribution in [0.4, 0.5) is 0 Å². The molecule has 2 heterocycles. The Kier molecular flexibility index (Phi) is 1.78. The number of pyridine rings is 1. The Morgan fingerprint density at radius 1 is 1.42 bits per heavy atom. The molecule has 3 nitrogen and oxygen atoms in total. The van der Waals surface area contributed by atoms with E-state index in [4.69, 9.17) is 5.73 Å². The standard InChI is InChI=1S/C9H11N3/c10-9-5-4-8(12-9)7-3-1-2-6-11-7/h1-3,6,8H,4-5H2,(H2,10,12). The fraction of sp³-hybridized carbons (Fsp3) is 0.333. The lowest BCUT2D eigenvalue weighted by Crippen LogP contribution is -2.05. The average molecular weight is 161 g/mol. The number of nitrogens with zero attached hydrogens (tertiary/aromatic N) is 2. The summed E-state index contributed by atoms with van der Waals surface area (Å²) in [5.74, 6) is 0.755. The molecule has 0 amide bonds. The van der Waals surface area contributed by atoms with E-state index in [0.717, 1.165) is 24.4 Å². The smallest absolute Gasteiger partial charge is 0.0946 e. The van der Waals surface area contributed by atoms with Crippen LogP contribution in [0.25, 0.3) is 0 Å². The van der Waals surface area contributed by atoms with Crippen molar-refractivity contribution in [2.24, 2.45) is 10.7 Å². The Bertz CT molecular complexity index is 292. The van der Waals surface area contributed by atoms with Crippen molar-refractivity contribution in [1.82, 2.24) is 4.98 Å². The highest BCUT2D eigenvalue weighted by atomic mass is 14.9. The molecule has 1 aromatic rings. The molecule has 1 aliphatic heterocycles. The van der Waals surface area contributed by atoms with Crippen LogP contribution in [-0.2, 0) is 0 Å². The van der Waals surface area contributed by atoms with Crippen LogP contribution in [-0.4, -0.2) is 10.8 Å². The number of hydrogen-bond donors (Lipinski definition) is 1. The fourth-order valence-corrected chi connectivity index (χ4v) is 1.40. The molecular formula is C9H11N3. The Hall–Kier alpha value is -1.38. The van der Waals surface area contributed by atoms with Gasteiger partial charge >= 0.3 is 0 Å². The summed E-state index contributed by atoms with van der Waals surface area (Å²) in [4.78, 5) is 8.52. The van der Waals surface area contributed by atoms with Crippen molar-refractivity contribution in [3.8, 4) is 0 Å². The van der Waals surface area contributed by atoms with Gasteiger partial charge in [-0.3, -0.25) is 9.98 Å². The van der Waals surface area contributed by atoms with Gasteiger partial charge in [-0.1, -0.05) is 6.07 Å². The van der Waals surface area contributed by atoms with E-state index in [1.54, 1.807) is 6.20 Å². The van der Waals surface area contributed by atoms with Crippen LogP contribution in [0.5, 0.6) is 0 Å². The van der Waals surface area contributed by atoms with Crippen molar-refractivity contribution in [3.63, 3.8) is 0 Å². The maximum Gasteiger partial charge on any atom is 0.0946 e. The third kappa shape index (κ3) is 1.30. The van der Waals surface area contributed by atoms with E-state index in [-0.39, 0.29) is 6.04 Å². The van der Waals surface area contributed by atoms with Gasteiger partial charge in [-0.15, -0.1) is 0 Å². The van der Waals surface area contributed by atoms with Crippen molar-refractivity contribution >= 4 is 5.84 Å². The quantitative estimate of drug-likeness (QED) is 0.674. The molecule has 62 valence electrons. The van der Waals surface area contributed by atoms with Crippen molar-refractivity contribution in [1.29, 1.82) is 0 Å². The summed E-state index contributed by atoms with van der Waals surface area (Å²) < 4.78 is 0.